The molecular weight excluding hydrogens is 645 g/mol. The van der Waals surface area contributed by atoms with E-state index in [1.165, 1.54) is 19.1 Å². The molecule has 7 N–H and O–H groups in total. The van der Waals surface area contributed by atoms with Crippen LogP contribution in [0.4, 0.5) is 27.6 Å². The van der Waals surface area contributed by atoms with Gasteiger partial charge in [-0.05, 0) is 56.4 Å². The van der Waals surface area contributed by atoms with Gasteiger partial charge in [-0.15, -0.1) is 0 Å². The van der Waals surface area contributed by atoms with Crippen molar-refractivity contribution in [3.8, 4) is 5.75 Å². The predicted octanol–water partition coefficient (Wildman–Crippen LogP) is 1.32. The molecule has 0 fully saturated rings. The van der Waals surface area contributed by atoms with Gasteiger partial charge in [-0.2, -0.15) is 11.8 Å². The lowest BCUT2D eigenvalue weighted by Crippen LogP contribution is -2.56. The molecule has 2 rings (SSSR count). The molecule has 0 aliphatic heterocycles. The number of anilines is 1. The average molecular weight is 678 g/mol. The highest BCUT2D eigenvalue weighted by Gasteiger charge is 2.40. The lowest BCUT2D eigenvalue weighted by atomic mass is 10.1. The molecular formula is C28H32F5N5O7S. The molecule has 0 bridgehead atoms. The molecule has 0 aliphatic carbocycles. The van der Waals surface area contributed by atoms with Crippen LogP contribution in [0.3, 0.4) is 0 Å². The molecule has 0 spiro atoms. The normalized spacial score (nSPS) is 13.6. The lowest BCUT2D eigenvalue weighted by molar-refractivity contribution is -0.140. The summed E-state index contributed by atoms with van der Waals surface area (Å²) in [5, 5.41) is 25.7. The van der Waals surface area contributed by atoms with Crippen LogP contribution < -0.4 is 26.6 Å². The van der Waals surface area contributed by atoms with Crippen LogP contribution in [-0.4, -0.2) is 82.5 Å². The number of aliphatic carboxylic acids is 1. The van der Waals surface area contributed by atoms with E-state index in [9.17, 15) is 56.1 Å². The van der Waals surface area contributed by atoms with E-state index in [4.69, 9.17) is 5.73 Å². The monoisotopic (exact) mass is 677 g/mol. The fraction of sp³-hybridized carbons (Fsp3) is 0.393. The maximum atomic E-state index is 14.7. The molecule has 46 heavy (non-hydrogen) atoms. The number of rotatable bonds is 15. The second kappa shape index (κ2) is 16.7. The summed E-state index contributed by atoms with van der Waals surface area (Å²) in [7, 11) is 0. The first-order valence-corrected chi connectivity index (χ1v) is 14.9. The van der Waals surface area contributed by atoms with E-state index in [1.807, 2.05) is 0 Å². The van der Waals surface area contributed by atoms with Gasteiger partial charge in [0, 0.05) is 0 Å². The molecule has 0 aliphatic rings. The van der Waals surface area contributed by atoms with Crippen LogP contribution >= 0.6 is 11.8 Å². The van der Waals surface area contributed by atoms with Crippen LogP contribution in [0.2, 0.25) is 0 Å². The highest BCUT2D eigenvalue weighted by atomic mass is 32.2. The molecule has 2 aromatic carbocycles. The lowest BCUT2D eigenvalue weighted by Gasteiger charge is -2.32. The first-order valence-electron chi connectivity index (χ1n) is 13.5. The van der Waals surface area contributed by atoms with Gasteiger partial charge in [-0.25, -0.2) is 26.7 Å². The Hall–Kier alpha value is -4.45. The Bertz CT molecular complexity index is 1440. The first kappa shape index (κ1) is 37.7. The van der Waals surface area contributed by atoms with Crippen molar-refractivity contribution in [3.05, 3.63) is 58.9 Å². The topological polar surface area (TPSA) is 191 Å². The number of carbonyl (C=O) groups excluding carboxylic acids is 4. The Morgan fingerprint density at radius 3 is 1.93 bits per heavy atom. The van der Waals surface area contributed by atoms with E-state index in [-0.39, 0.29) is 22.8 Å². The number of nitrogens with one attached hydrogen (secondary N) is 3. The number of amides is 4. The molecule has 18 heteroatoms. The number of phenols is 1. The molecule has 0 saturated carbocycles. The number of carboxylic acid groups (broad SMARTS) is 1. The van der Waals surface area contributed by atoms with Gasteiger partial charge in [0.05, 0.1) is 12.6 Å². The fourth-order valence-electron chi connectivity index (χ4n) is 4.06. The van der Waals surface area contributed by atoms with Gasteiger partial charge >= 0.3 is 5.97 Å². The Morgan fingerprint density at radius 1 is 0.870 bits per heavy atom. The summed E-state index contributed by atoms with van der Waals surface area (Å²) in [5.74, 6) is -18.2. The Morgan fingerprint density at radius 2 is 1.41 bits per heavy atom. The molecule has 0 unspecified atom stereocenters. The van der Waals surface area contributed by atoms with E-state index in [0.717, 1.165) is 18.7 Å². The first-order chi connectivity index (χ1) is 21.5. The van der Waals surface area contributed by atoms with Crippen molar-refractivity contribution < 1.29 is 56.1 Å². The van der Waals surface area contributed by atoms with Crippen molar-refractivity contribution >= 4 is 47.0 Å². The smallest absolute Gasteiger partial charge is 0.326 e. The number of benzene rings is 2. The van der Waals surface area contributed by atoms with Gasteiger partial charge in [0.25, 0.3) is 0 Å². The van der Waals surface area contributed by atoms with Gasteiger partial charge in [0.15, 0.2) is 23.3 Å². The molecule has 4 atom stereocenters. The predicted molar refractivity (Wildman–Crippen MR) is 156 cm³/mol. The second-order valence-corrected chi connectivity index (χ2v) is 11.0. The Balaban J connectivity index is 2.12. The standard InChI is InChI=1S/C28H32F5N5O7S/c1-12(37-26(42)16(34)10-14-4-6-15(39)7-5-14)25(41)35-11-18(40)36-13(2)27(43)38(17(28(44)45)8-9-46-3)24-22(32)20(30)19(29)21(31)23(24)33/h4-7,12-13,16-17,39H,8-11,34H2,1-3H3,(H,35,41)(H,36,40)(H,37,42)(H,44,45)/t12-,13+,16+,17+/m1/s1. The molecule has 252 valence electrons. The van der Waals surface area contributed by atoms with Crippen molar-refractivity contribution in [2.24, 2.45) is 5.73 Å². The van der Waals surface area contributed by atoms with Gasteiger partial charge in [0.2, 0.25) is 29.4 Å². The molecule has 12 nitrogen and oxygen atoms in total. The van der Waals surface area contributed by atoms with Crippen molar-refractivity contribution in [3.63, 3.8) is 0 Å². The van der Waals surface area contributed by atoms with Crippen LogP contribution in [0.1, 0.15) is 25.8 Å². The zero-order valence-electron chi connectivity index (χ0n) is 24.7. The summed E-state index contributed by atoms with van der Waals surface area (Å²) in [6, 6.07) is -0.231. The summed E-state index contributed by atoms with van der Waals surface area (Å²) in [6.07, 6.45) is 1.15. The summed E-state index contributed by atoms with van der Waals surface area (Å²) in [4.78, 5) is 62.5. The van der Waals surface area contributed by atoms with Gasteiger partial charge in [-0.1, -0.05) is 12.1 Å². The average Bonchev–Trinajstić information content (AvgIpc) is 3.01. The minimum absolute atomic E-state index is 0.000644. The van der Waals surface area contributed by atoms with Gasteiger partial charge in [-0.3, -0.25) is 24.1 Å². The van der Waals surface area contributed by atoms with E-state index in [1.54, 1.807) is 18.4 Å². The number of hydrogen-bond acceptors (Lipinski definition) is 8. The molecule has 0 aromatic heterocycles. The number of aromatic hydroxyl groups is 1. The molecule has 0 heterocycles. The maximum Gasteiger partial charge on any atom is 0.326 e. The van der Waals surface area contributed by atoms with Gasteiger partial charge in [0.1, 0.15) is 29.6 Å². The zero-order valence-corrected chi connectivity index (χ0v) is 25.5. The van der Waals surface area contributed by atoms with E-state index >= 15 is 0 Å². The number of nitrogens with two attached hydrogens (primary N) is 1. The van der Waals surface area contributed by atoms with Crippen LogP contribution in [0.5, 0.6) is 5.75 Å². The minimum atomic E-state index is -2.52. The van der Waals surface area contributed by atoms with Crippen molar-refractivity contribution in [1.29, 1.82) is 0 Å². The summed E-state index contributed by atoms with van der Waals surface area (Å²) >= 11 is 1.08. The number of phenolic OH excluding ortho intramolecular Hbond substituents is 1. The van der Waals surface area contributed by atoms with Crippen LogP contribution in [0, 0.1) is 29.1 Å². The molecule has 2 aromatic rings. The van der Waals surface area contributed by atoms with Crippen molar-refractivity contribution in [2.75, 3.05) is 23.5 Å². The third-order valence-corrected chi connectivity index (χ3v) is 7.15. The summed E-state index contributed by atoms with van der Waals surface area (Å²) in [6.45, 7) is 1.45. The second-order valence-electron chi connectivity index (χ2n) is 9.98. The summed E-state index contributed by atoms with van der Waals surface area (Å²) < 4.78 is 71.2. The van der Waals surface area contributed by atoms with Crippen molar-refractivity contribution in [1.82, 2.24) is 16.0 Å². The fourth-order valence-corrected chi connectivity index (χ4v) is 4.52. The maximum absolute atomic E-state index is 14.7. The van der Waals surface area contributed by atoms with Gasteiger partial charge < -0.3 is 31.9 Å². The molecule has 0 radical (unpaired) electrons. The molecule has 0 saturated heterocycles. The van der Waals surface area contributed by atoms with E-state index < -0.39 is 102 Å². The minimum Gasteiger partial charge on any atom is -0.508 e. The van der Waals surface area contributed by atoms with Crippen molar-refractivity contribution in [2.45, 2.75) is 50.9 Å². The number of thioether (sulfide) groups is 1. The van der Waals surface area contributed by atoms with E-state index in [2.05, 4.69) is 16.0 Å². The van der Waals surface area contributed by atoms with Crippen LogP contribution in [0.15, 0.2) is 24.3 Å². The Labute approximate surface area is 263 Å². The highest BCUT2D eigenvalue weighted by molar-refractivity contribution is 7.98. The number of carboxylic acids is 1. The SMILES string of the molecule is CSCC[C@@H](C(=O)O)N(C(=O)[C@H](C)NC(=O)CNC(=O)[C@@H](C)NC(=O)[C@@H](N)Cc1ccc(O)cc1)c1c(F)c(F)c(F)c(F)c1F. The number of halogens is 5. The largest absolute Gasteiger partial charge is 0.508 e. The Kier molecular flexibility index (Phi) is 13.7. The summed E-state index contributed by atoms with van der Waals surface area (Å²) in [5.41, 5.74) is 4.69. The van der Waals surface area contributed by atoms with E-state index in [0.29, 0.717) is 5.56 Å². The quantitative estimate of drug-likeness (QED) is 0.0917. The van der Waals surface area contributed by atoms with Crippen LogP contribution in [-0.2, 0) is 30.4 Å². The highest BCUT2D eigenvalue weighted by Crippen LogP contribution is 2.33. The van der Waals surface area contributed by atoms with Crippen LogP contribution in [0.25, 0.3) is 0 Å². The number of nitrogens with zero attached hydrogens (tertiary/aromatic N) is 1. The third kappa shape index (κ3) is 9.53. The molecule has 4 amide bonds. The number of carbonyl (C=O) groups is 5. The third-order valence-electron chi connectivity index (χ3n) is 6.51. The number of hydrogen-bond donors (Lipinski definition) is 6. The zero-order chi connectivity index (χ0) is 34.9.